The fourth-order valence-corrected chi connectivity index (χ4v) is 2.76. The molecule has 2 aromatic rings. The maximum absolute atomic E-state index is 12.6. The number of carbonyl (C=O) groups excluding carboxylic acids is 1. The van der Waals surface area contributed by atoms with Gasteiger partial charge in [-0.05, 0) is 31.3 Å². The van der Waals surface area contributed by atoms with Crippen molar-refractivity contribution in [2.45, 2.75) is 39.7 Å². The van der Waals surface area contributed by atoms with Gasteiger partial charge in [-0.1, -0.05) is 29.9 Å². The van der Waals surface area contributed by atoms with E-state index in [2.05, 4.69) is 14.7 Å². The van der Waals surface area contributed by atoms with E-state index in [0.29, 0.717) is 21.3 Å². The van der Waals surface area contributed by atoms with Crippen molar-refractivity contribution in [3.63, 3.8) is 0 Å². The minimum atomic E-state index is -0.157. The summed E-state index contributed by atoms with van der Waals surface area (Å²) in [6.07, 6.45) is 1.50. The van der Waals surface area contributed by atoms with Crippen LogP contribution in [0.1, 0.15) is 60.7 Å². The number of nitrogens with zero attached hydrogens (tertiary/aromatic N) is 4. The third-order valence-electron chi connectivity index (χ3n) is 2.72. The van der Waals surface area contributed by atoms with Gasteiger partial charge < -0.3 is 0 Å². The number of rotatable bonds is 4. The predicted molar refractivity (Wildman–Crippen MR) is 75.1 cm³/mol. The molecule has 0 saturated heterocycles. The highest BCUT2D eigenvalue weighted by Gasteiger charge is 2.26. The molecule has 2 rings (SSSR count). The Labute approximate surface area is 120 Å². The van der Waals surface area contributed by atoms with Crippen LogP contribution in [0.2, 0.25) is 5.02 Å². The van der Waals surface area contributed by atoms with Crippen molar-refractivity contribution in [1.82, 2.24) is 19.4 Å². The van der Waals surface area contributed by atoms with E-state index in [0.717, 1.165) is 11.5 Å². The molecule has 0 atom stereocenters. The van der Waals surface area contributed by atoms with Crippen molar-refractivity contribution in [3.05, 3.63) is 27.5 Å². The van der Waals surface area contributed by atoms with E-state index in [1.54, 1.807) is 4.68 Å². The molecule has 0 radical (unpaired) electrons. The second-order valence-corrected chi connectivity index (χ2v) is 6.01. The fraction of sp³-hybridized carbons (Fsp3) is 0.500. The van der Waals surface area contributed by atoms with Gasteiger partial charge in [0.2, 0.25) is 5.78 Å². The molecule has 0 aliphatic carbocycles. The SMILES string of the molecule is CC(C)c1nnsc1C(=O)c1c(Cl)cnn1C(C)C. The maximum Gasteiger partial charge on any atom is 0.226 e. The molecule has 0 saturated carbocycles. The van der Waals surface area contributed by atoms with Crippen LogP contribution in [0.15, 0.2) is 6.20 Å². The van der Waals surface area contributed by atoms with E-state index >= 15 is 0 Å². The minimum absolute atomic E-state index is 0.0647. The fourth-order valence-electron chi connectivity index (χ4n) is 1.79. The number of halogens is 1. The van der Waals surface area contributed by atoms with Crippen LogP contribution in [0.25, 0.3) is 0 Å². The molecule has 19 heavy (non-hydrogen) atoms. The Hall–Kier alpha value is -1.27. The van der Waals surface area contributed by atoms with Crippen molar-refractivity contribution < 1.29 is 4.79 Å². The highest BCUT2D eigenvalue weighted by molar-refractivity contribution is 7.08. The normalized spacial score (nSPS) is 11.5. The van der Waals surface area contributed by atoms with Crippen LogP contribution in [0.5, 0.6) is 0 Å². The molecule has 5 nitrogen and oxygen atoms in total. The van der Waals surface area contributed by atoms with Crippen molar-refractivity contribution >= 4 is 28.9 Å². The highest BCUT2D eigenvalue weighted by Crippen LogP contribution is 2.27. The minimum Gasteiger partial charge on any atom is -0.286 e. The summed E-state index contributed by atoms with van der Waals surface area (Å²) in [5.74, 6) is -0.0122. The zero-order valence-electron chi connectivity index (χ0n) is 11.2. The average molecular weight is 299 g/mol. The lowest BCUT2D eigenvalue weighted by Gasteiger charge is -2.10. The van der Waals surface area contributed by atoms with Crippen LogP contribution >= 0.6 is 23.1 Å². The molecular formula is C12H15ClN4OS. The van der Waals surface area contributed by atoms with E-state index in [4.69, 9.17) is 11.6 Å². The molecule has 0 fully saturated rings. The molecule has 0 aliphatic rings. The van der Waals surface area contributed by atoms with Crippen LogP contribution in [0, 0.1) is 0 Å². The Morgan fingerprint density at radius 1 is 1.37 bits per heavy atom. The summed E-state index contributed by atoms with van der Waals surface area (Å²) in [7, 11) is 0. The van der Waals surface area contributed by atoms with Crippen LogP contribution < -0.4 is 0 Å². The maximum atomic E-state index is 12.6. The summed E-state index contributed by atoms with van der Waals surface area (Å²) < 4.78 is 5.51. The van der Waals surface area contributed by atoms with Crippen LogP contribution in [-0.4, -0.2) is 25.2 Å². The molecule has 0 bridgehead atoms. The summed E-state index contributed by atoms with van der Waals surface area (Å²) in [5, 5.41) is 8.54. The van der Waals surface area contributed by atoms with Crippen molar-refractivity contribution in [2.24, 2.45) is 0 Å². The number of aromatic nitrogens is 4. The van der Waals surface area contributed by atoms with Crippen LogP contribution in [-0.2, 0) is 0 Å². The van der Waals surface area contributed by atoms with E-state index < -0.39 is 0 Å². The van der Waals surface area contributed by atoms with Crippen molar-refractivity contribution in [1.29, 1.82) is 0 Å². The molecule has 0 N–H and O–H groups in total. The topological polar surface area (TPSA) is 60.7 Å². The summed E-state index contributed by atoms with van der Waals surface area (Å²) >= 11 is 7.20. The Morgan fingerprint density at radius 2 is 2.05 bits per heavy atom. The lowest BCUT2D eigenvalue weighted by Crippen LogP contribution is -2.14. The standard InChI is InChI=1S/C12H15ClN4OS/c1-6(2)9-12(19-16-15-9)11(18)10-8(13)5-14-17(10)7(3)4/h5-7H,1-4H3. The molecule has 102 valence electrons. The summed E-state index contributed by atoms with van der Waals surface area (Å²) in [6.45, 7) is 7.87. The second-order valence-electron chi connectivity index (χ2n) is 4.85. The van der Waals surface area contributed by atoms with Gasteiger partial charge in [0.25, 0.3) is 0 Å². The van der Waals surface area contributed by atoms with Gasteiger partial charge in [-0.15, -0.1) is 5.10 Å². The number of hydrogen-bond acceptors (Lipinski definition) is 5. The van der Waals surface area contributed by atoms with E-state index in [1.165, 1.54) is 6.20 Å². The van der Waals surface area contributed by atoms with Gasteiger partial charge in [-0.3, -0.25) is 9.48 Å². The number of ketones is 1. The Balaban J connectivity index is 2.50. The lowest BCUT2D eigenvalue weighted by atomic mass is 10.1. The lowest BCUT2D eigenvalue weighted by molar-refractivity contribution is 0.102. The quantitative estimate of drug-likeness (QED) is 0.812. The Kier molecular flexibility index (Phi) is 4.01. The van der Waals surface area contributed by atoms with Gasteiger partial charge >= 0.3 is 0 Å². The Morgan fingerprint density at radius 3 is 2.63 bits per heavy atom. The third-order valence-corrected chi connectivity index (χ3v) is 3.74. The van der Waals surface area contributed by atoms with E-state index in [1.807, 2.05) is 27.7 Å². The first-order valence-corrected chi connectivity index (χ1v) is 7.18. The molecule has 0 spiro atoms. The smallest absolute Gasteiger partial charge is 0.226 e. The van der Waals surface area contributed by atoms with Crippen LogP contribution in [0.4, 0.5) is 0 Å². The molecule has 0 unspecified atom stereocenters. The van der Waals surface area contributed by atoms with Gasteiger partial charge in [-0.25, -0.2) is 0 Å². The van der Waals surface area contributed by atoms with E-state index in [9.17, 15) is 4.79 Å². The van der Waals surface area contributed by atoms with E-state index in [-0.39, 0.29) is 17.7 Å². The predicted octanol–water partition coefficient (Wildman–Crippen LogP) is 3.32. The largest absolute Gasteiger partial charge is 0.286 e. The third kappa shape index (κ3) is 2.55. The molecular weight excluding hydrogens is 284 g/mol. The molecule has 0 aliphatic heterocycles. The van der Waals surface area contributed by atoms with Crippen molar-refractivity contribution in [3.8, 4) is 0 Å². The van der Waals surface area contributed by atoms with Crippen molar-refractivity contribution in [2.75, 3.05) is 0 Å². The second kappa shape index (κ2) is 5.38. The monoisotopic (exact) mass is 298 g/mol. The zero-order chi connectivity index (χ0) is 14.2. The number of hydrogen-bond donors (Lipinski definition) is 0. The summed E-state index contributed by atoms with van der Waals surface area (Å²) in [4.78, 5) is 13.2. The van der Waals surface area contributed by atoms with Gasteiger partial charge in [0, 0.05) is 6.04 Å². The van der Waals surface area contributed by atoms with Gasteiger partial charge in [-0.2, -0.15) is 5.10 Å². The molecule has 7 heteroatoms. The molecule has 0 aromatic carbocycles. The van der Waals surface area contributed by atoms with Gasteiger partial charge in [0.1, 0.15) is 10.6 Å². The van der Waals surface area contributed by atoms with Crippen LogP contribution in [0.3, 0.4) is 0 Å². The van der Waals surface area contributed by atoms with Gasteiger partial charge in [0.15, 0.2) is 0 Å². The number of carbonyl (C=O) groups is 1. The Bertz CT molecular complexity index is 603. The van der Waals surface area contributed by atoms with Gasteiger partial charge in [0.05, 0.1) is 16.9 Å². The molecule has 2 heterocycles. The first kappa shape index (κ1) is 14.1. The highest BCUT2D eigenvalue weighted by atomic mass is 35.5. The summed E-state index contributed by atoms with van der Waals surface area (Å²) in [5.41, 5.74) is 1.12. The molecule has 2 aromatic heterocycles. The average Bonchev–Trinajstić information content (AvgIpc) is 2.93. The molecule has 0 amide bonds. The summed E-state index contributed by atoms with van der Waals surface area (Å²) in [6, 6.07) is 0.0647. The zero-order valence-corrected chi connectivity index (χ0v) is 12.8. The first-order valence-electron chi connectivity index (χ1n) is 6.03. The first-order chi connectivity index (χ1) is 8.93.